The lowest BCUT2D eigenvalue weighted by molar-refractivity contribution is 0.0469. The molecule has 0 amide bonds. The van der Waals surface area contributed by atoms with Crippen LogP contribution in [-0.2, 0) is 0 Å². The summed E-state index contributed by atoms with van der Waals surface area (Å²) in [5.74, 6) is 0.972. The molecular weight excluding hydrogens is 134 g/mol. The number of rotatable bonds is 4. The Balaban J connectivity index is 2.24. The van der Waals surface area contributed by atoms with Crippen LogP contribution in [0.1, 0.15) is 39.5 Å². The molecule has 1 saturated carbocycles. The molecule has 0 aromatic rings. The topological polar surface area (TPSA) is 12.0 Å². The van der Waals surface area contributed by atoms with E-state index in [2.05, 4.69) is 26.2 Å². The van der Waals surface area contributed by atoms with Gasteiger partial charge in [-0.05, 0) is 37.8 Å². The third kappa shape index (κ3) is 1.76. The standard InChI is InChI=1S/C10H21N/c1-4-10(5-2)6-9(7-10)8-11-3/h9,11H,4-8H2,1-3H3. The smallest absolute Gasteiger partial charge is 0.00231 e. The van der Waals surface area contributed by atoms with Crippen LogP contribution in [0.4, 0.5) is 0 Å². The fourth-order valence-electron chi connectivity index (χ4n) is 2.43. The van der Waals surface area contributed by atoms with Gasteiger partial charge in [-0.2, -0.15) is 0 Å². The van der Waals surface area contributed by atoms with Gasteiger partial charge in [-0.15, -0.1) is 0 Å². The Bertz CT molecular complexity index is 108. The van der Waals surface area contributed by atoms with Gasteiger partial charge in [0, 0.05) is 0 Å². The minimum absolute atomic E-state index is 0.738. The first kappa shape index (κ1) is 9.05. The largest absolute Gasteiger partial charge is 0.319 e. The zero-order valence-electron chi connectivity index (χ0n) is 8.11. The van der Waals surface area contributed by atoms with Gasteiger partial charge < -0.3 is 5.32 Å². The molecule has 1 aliphatic carbocycles. The summed E-state index contributed by atoms with van der Waals surface area (Å²) < 4.78 is 0. The van der Waals surface area contributed by atoms with Gasteiger partial charge >= 0.3 is 0 Å². The zero-order valence-corrected chi connectivity index (χ0v) is 8.11. The minimum atomic E-state index is 0.738. The molecule has 0 radical (unpaired) electrons. The van der Waals surface area contributed by atoms with Gasteiger partial charge in [0.1, 0.15) is 0 Å². The second kappa shape index (κ2) is 3.57. The first-order valence-corrected chi connectivity index (χ1v) is 4.91. The SMILES string of the molecule is CCC1(CC)CC(CNC)C1. The highest BCUT2D eigenvalue weighted by atomic mass is 14.8. The maximum atomic E-state index is 3.26. The molecule has 66 valence electrons. The molecule has 1 rings (SSSR count). The first-order chi connectivity index (χ1) is 5.26. The number of hydrogen-bond donors (Lipinski definition) is 1. The molecule has 11 heavy (non-hydrogen) atoms. The molecule has 0 bridgehead atoms. The quantitative estimate of drug-likeness (QED) is 0.657. The number of hydrogen-bond acceptors (Lipinski definition) is 1. The van der Waals surface area contributed by atoms with Crippen molar-refractivity contribution in [2.75, 3.05) is 13.6 Å². The van der Waals surface area contributed by atoms with Crippen LogP contribution in [0.5, 0.6) is 0 Å². The van der Waals surface area contributed by atoms with Crippen LogP contribution in [0.2, 0.25) is 0 Å². The highest BCUT2D eigenvalue weighted by Crippen LogP contribution is 2.50. The van der Waals surface area contributed by atoms with Gasteiger partial charge in [0.05, 0.1) is 0 Å². The Hall–Kier alpha value is -0.0400. The van der Waals surface area contributed by atoms with Crippen molar-refractivity contribution in [2.45, 2.75) is 39.5 Å². The van der Waals surface area contributed by atoms with E-state index in [1.807, 2.05) is 0 Å². The molecule has 0 atom stereocenters. The van der Waals surface area contributed by atoms with Crippen LogP contribution in [0, 0.1) is 11.3 Å². The molecule has 1 nitrogen and oxygen atoms in total. The molecule has 0 aromatic heterocycles. The average Bonchev–Trinajstić information content (AvgIpc) is 1.96. The minimum Gasteiger partial charge on any atom is -0.319 e. The second-order valence-corrected chi connectivity index (χ2v) is 4.04. The Morgan fingerprint density at radius 3 is 2.18 bits per heavy atom. The molecule has 1 N–H and O–H groups in total. The zero-order chi connectivity index (χ0) is 8.32. The molecule has 1 heteroatoms. The lowest BCUT2D eigenvalue weighted by Gasteiger charge is -2.47. The molecule has 1 aliphatic rings. The summed E-state index contributed by atoms with van der Waals surface area (Å²) in [6.45, 7) is 5.89. The molecular formula is C10H21N. The Morgan fingerprint density at radius 2 is 1.82 bits per heavy atom. The van der Waals surface area contributed by atoms with E-state index < -0.39 is 0 Å². The van der Waals surface area contributed by atoms with Crippen molar-refractivity contribution < 1.29 is 0 Å². The third-order valence-corrected chi connectivity index (χ3v) is 3.44. The van der Waals surface area contributed by atoms with Gasteiger partial charge in [-0.25, -0.2) is 0 Å². The highest BCUT2D eigenvalue weighted by Gasteiger charge is 2.40. The van der Waals surface area contributed by atoms with Crippen molar-refractivity contribution in [3.63, 3.8) is 0 Å². The maximum absolute atomic E-state index is 3.26. The predicted molar refractivity (Wildman–Crippen MR) is 49.7 cm³/mol. The average molecular weight is 155 g/mol. The van der Waals surface area contributed by atoms with Crippen molar-refractivity contribution in [1.82, 2.24) is 5.32 Å². The van der Waals surface area contributed by atoms with E-state index in [-0.39, 0.29) is 0 Å². The van der Waals surface area contributed by atoms with Crippen molar-refractivity contribution in [3.8, 4) is 0 Å². The third-order valence-electron chi connectivity index (χ3n) is 3.44. The van der Waals surface area contributed by atoms with Crippen LogP contribution in [0.25, 0.3) is 0 Å². The van der Waals surface area contributed by atoms with Gasteiger partial charge in [-0.3, -0.25) is 0 Å². The van der Waals surface area contributed by atoms with Crippen molar-refractivity contribution in [2.24, 2.45) is 11.3 Å². The molecule has 0 saturated heterocycles. The van der Waals surface area contributed by atoms with E-state index in [0.717, 1.165) is 11.3 Å². The van der Waals surface area contributed by atoms with Gasteiger partial charge in [0.2, 0.25) is 0 Å². The Labute approximate surface area is 70.6 Å². The van der Waals surface area contributed by atoms with E-state index in [4.69, 9.17) is 0 Å². The molecule has 0 aliphatic heterocycles. The van der Waals surface area contributed by atoms with Crippen molar-refractivity contribution in [1.29, 1.82) is 0 Å². The van der Waals surface area contributed by atoms with E-state index in [1.54, 1.807) is 0 Å². The first-order valence-electron chi connectivity index (χ1n) is 4.91. The van der Waals surface area contributed by atoms with Crippen LogP contribution in [0.3, 0.4) is 0 Å². The fourth-order valence-corrected chi connectivity index (χ4v) is 2.43. The molecule has 0 spiro atoms. The highest BCUT2D eigenvalue weighted by molar-refractivity contribution is 4.92. The second-order valence-electron chi connectivity index (χ2n) is 4.04. The summed E-state index contributed by atoms with van der Waals surface area (Å²) in [7, 11) is 2.05. The summed E-state index contributed by atoms with van der Waals surface area (Å²) in [5, 5.41) is 3.26. The summed E-state index contributed by atoms with van der Waals surface area (Å²) in [6, 6.07) is 0. The predicted octanol–water partition coefficient (Wildman–Crippen LogP) is 2.42. The van der Waals surface area contributed by atoms with Crippen LogP contribution in [0.15, 0.2) is 0 Å². The lowest BCUT2D eigenvalue weighted by atomic mass is 9.59. The normalized spacial score (nSPS) is 23.2. The molecule has 1 fully saturated rings. The Morgan fingerprint density at radius 1 is 1.27 bits per heavy atom. The van der Waals surface area contributed by atoms with Crippen molar-refractivity contribution >= 4 is 0 Å². The van der Waals surface area contributed by atoms with E-state index in [9.17, 15) is 0 Å². The van der Waals surface area contributed by atoms with Gasteiger partial charge in [0.15, 0.2) is 0 Å². The summed E-state index contributed by atoms with van der Waals surface area (Å²) in [5.41, 5.74) is 0.738. The fraction of sp³-hybridized carbons (Fsp3) is 1.00. The van der Waals surface area contributed by atoms with Crippen molar-refractivity contribution in [3.05, 3.63) is 0 Å². The Kier molecular flexibility index (Phi) is 2.94. The molecule has 0 heterocycles. The summed E-state index contributed by atoms with van der Waals surface area (Å²) >= 11 is 0. The van der Waals surface area contributed by atoms with E-state index in [0.29, 0.717) is 0 Å². The van der Waals surface area contributed by atoms with E-state index >= 15 is 0 Å². The van der Waals surface area contributed by atoms with Crippen LogP contribution < -0.4 is 5.32 Å². The maximum Gasteiger partial charge on any atom is -0.00231 e. The monoisotopic (exact) mass is 155 g/mol. The van der Waals surface area contributed by atoms with Gasteiger partial charge in [-0.1, -0.05) is 26.7 Å². The van der Waals surface area contributed by atoms with Crippen LogP contribution in [-0.4, -0.2) is 13.6 Å². The summed E-state index contributed by atoms with van der Waals surface area (Å²) in [4.78, 5) is 0. The van der Waals surface area contributed by atoms with Gasteiger partial charge in [0.25, 0.3) is 0 Å². The summed E-state index contributed by atoms with van der Waals surface area (Å²) in [6.07, 6.45) is 5.68. The number of nitrogens with one attached hydrogen (secondary N) is 1. The molecule has 0 unspecified atom stereocenters. The lowest BCUT2D eigenvalue weighted by Crippen LogP contribution is -2.40. The van der Waals surface area contributed by atoms with E-state index in [1.165, 1.54) is 32.2 Å². The molecule has 0 aromatic carbocycles. The van der Waals surface area contributed by atoms with Crippen LogP contribution >= 0.6 is 0 Å².